The molecule has 2 heterocycles. The zero-order valence-corrected chi connectivity index (χ0v) is 18.0. The van der Waals surface area contributed by atoms with Gasteiger partial charge in [0.25, 0.3) is 5.56 Å². The summed E-state index contributed by atoms with van der Waals surface area (Å²) in [6.45, 7) is 6.57. The minimum Gasteiger partial charge on any atom is -0.491 e. The molecule has 0 saturated carbocycles. The van der Waals surface area contributed by atoms with Gasteiger partial charge in [-0.3, -0.25) is 4.79 Å². The van der Waals surface area contributed by atoms with Crippen molar-refractivity contribution in [2.24, 2.45) is 0 Å². The van der Waals surface area contributed by atoms with Crippen LogP contribution in [0, 0.1) is 0 Å². The Kier molecular flexibility index (Phi) is 8.38. The molecule has 1 saturated heterocycles. The Labute approximate surface area is 177 Å². The van der Waals surface area contributed by atoms with Crippen LogP contribution in [-0.4, -0.2) is 42.6 Å². The maximum atomic E-state index is 12.9. The Bertz CT molecular complexity index is 834. The number of ether oxygens (including phenoxy) is 1. The first-order valence-electron chi connectivity index (χ1n) is 10.8. The number of halogens is 1. The van der Waals surface area contributed by atoms with E-state index in [4.69, 9.17) is 16.3 Å². The van der Waals surface area contributed by atoms with Crippen molar-refractivity contribution < 1.29 is 10.1 Å². The zero-order chi connectivity index (χ0) is 20.5. The minimum absolute atomic E-state index is 0.215. The Morgan fingerprint density at radius 1 is 1.07 bits per heavy atom. The molecule has 0 radical (unpaired) electrons. The topological polar surface area (TPSA) is 64.0 Å². The number of nitrogens with two attached hydrogens (primary N) is 1. The van der Waals surface area contributed by atoms with Crippen molar-refractivity contribution in [3.8, 4) is 11.4 Å². The van der Waals surface area contributed by atoms with Crippen LogP contribution >= 0.6 is 11.6 Å². The highest BCUT2D eigenvalue weighted by Crippen LogP contribution is 2.25. The number of hydrogen-bond donors (Lipinski definition) is 1. The molecule has 1 aromatic heterocycles. The molecule has 0 spiro atoms. The molecule has 6 nitrogen and oxygen atoms in total. The normalized spacial score (nSPS) is 14.2. The maximum absolute atomic E-state index is 12.9. The van der Waals surface area contributed by atoms with Crippen LogP contribution < -0.4 is 20.5 Å². The molecule has 29 heavy (non-hydrogen) atoms. The first kappa shape index (κ1) is 21.7. The standard InChI is InChI=1S/C22H31ClN4O2/c1-2-3-4-5-6-9-16-29-20-11-8-7-10-18(20)27-22(28)21(23)19(17-25-27)26-14-12-24-13-15-26/h7-8,10-11,17,24H,2-6,9,12-16H2,1H3/p+1. The Morgan fingerprint density at radius 2 is 1.79 bits per heavy atom. The molecule has 2 N–H and O–H groups in total. The van der Waals surface area contributed by atoms with Gasteiger partial charge in [-0.15, -0.1) is 0 Å². The number of benzene rings is 1. The summed E-state index contributed by atoms with van der Waals surface area (Å²) in [6.07, 6.45) is 8.94. The van der Waals surface area contributed by atoms with Gasteiger partial charge < -0.3 is 15.0 Å². The predicted octanol–water partition coefficient (Wildman–Crippen LogP) is 3.01. The van der Waals surface area contributed by atoms with E-state index < -0.39 is 0 Å². The highest BCUT2D eigenvalue weighted by molar-refractivity contribution is 6.33. The summed E-state index contributed by atoms with van der Waals surface area (Å²) >= 11 is 6.46. The van der Waals surface area contributed by atoms with Gasteiger partial charge in [-0.05, 0) is 18.6 Å². The van der Waals surface area contributed by atoms with Crippen molar-refractivity contribution >= 4 is 17.3 Å². The van der Waals surface area contributed by atoms with Crippen molar-refractivity contribution in [3.63, 3.8) is 0 Å². The number of piperazine rings is 1. The molecule has 1 aliphatic heterocycles. The first-order chi connectivity index (χ1) is 14.2. The highest BCUT2D eigenvalue weighted by atomic mass is 35.5. The smallest absolute Gasteiger partial charge is 0.292 e. The van der Waals surface area contributed by atoms with Gasteiger partial charge in [-0.1, -0.05) is 62.8 Å². The van der Waals surface area contributed by atoms with Crippen molar-refractivity contribution in [2.75, 3.05) is 37.7 Å². The van der Waals surface area contributed by atoms with E-state index in [-0.39, 0.29) is 10.6 Å². The monoisotopic (exact) mass is 419 g/mol. The first-order valence-corrected chi connectivity index (χ1v) is 11.2. The lowest BCUT2D eigenvalue weighted by molar-refractivity contribution is -0.655. The second-order valence-corrected chi connectivity index (χ2v) is 7.88. The molecule has 2 aromatic rings. The van der Waals surface area contributed by atoms with Crippen LogP contribution in [0.2, 0.25) is 5.02 Å². The molecule has 1 aliphatic rings. The number of aromatic nitrogens is 2. The van der Waals surface area contributed by atoms with Gasteiger partial charge in [-0.2, -0.15) is 9.78 Å². The highest BCUT2D eigenvalue weighted by Gasteiger charge is 2.20. The van der Waals surface area contributed by atoms with E-state index in [0.29, 0.717) is 23.7 Å². The molecule has 158 valence electrons. The molecule has 0 aliphatic carbocycles. The Morgan fingerprint density at radius 3 is 2.59 bits per heavy atom. The summed E-state index contributed by atoms with van der Waals surface area (Å²) in [5.41, 5.74) is 1.03. The number of anilines is 1. The molecule has 0 amide bonds. The van der Waals surface area contributed by atoms with E-state index >= 15 is 0 Å². The van der Waals surface area contributed by atoms with Crippen LogP contribution in [0.25, 0.3) is 5.69 Å². The zero-order valence-electron chi connectivity index (χ0n) is 17.3. The fourth-order valence-electron chi connectivity index (χ4n) is 3.63. The third kappa shape index (κ3) is 5.73. The number of nitrogens with zero attached hydrogens (tertiary/aromatic N) is 3. The minimum atomic E-state index is -0.311. The van der Waals surface area contributed by atoms with Crippen molar-refractivity contribution in [1.82, 2.24) is 9.78 Å². The number of quaternary nitrogens is 1. The molecule has 1 fully saturated rings. The average molecular weight is 420 g/mol. The summed E-state index contributed by atoms with van der Waals surface area (Å²) in [5, 5.41) is 6.89. The van der Waals surface area contributed by atoms with Gasteiger partial charge in [0.1, 0.15) is 16.5 Å². The lowest BCUT2D eigenvalue weighted by atomic mass is 10.1. The van der Waals surface area contributed by atoms with Gasteiger partial charge in [0, 0.05) is 0 Å². The summed E-state index contributed by atoms with van der Waals surface area (Å²) in [4.78, 5) is 15.1. The number of rotatable bonds is 10. The van der Waals surface area contributed by atoms with E-state index in [2.05, 4.69) is 22.2 Å². The number of para-hydroxylation sites is 2. The predicted molar refractivity (Wildman–Crippen MR) is 118 cm³/mol. The molecule has 3 rings (SSSR count). The number of unbranched alkanes of at least 4 members (excludes halogenated alkanes) is 5. The van der Waals surface area contributed by atoms with Crippen LogP contribution in [0.15, 0.2) is 35.3 Å². The summed E-state index contributed by atoms with van der Waals surface area (Å²) < 4.78 is 7.33. The lowest BCUT2D eigenvalue weighted by Crippen LogP contribution is -2.89. The molecular formula is C22H32ClN4O2+. The van der Waals surface area contributed by atoms with E-state index in [0.717, 1.165) is 39.0 Å². The van der Waals surface area contributed by atoms with Crippen LogP contribution in [0.1, 0.15) is 45.4 Å². The van der Waals surface area contributed by atoms with E-state index in [1.165, 1.54) is 30.4 Å². The van der Waals surface area contributed by atoms with E-state index in [1.54, 1.807) is 6.20 Å². The van der Waals surface area contributed by atoms with Crippen LogP contribution in [0.4, 0.5) is 5.69 Å². The van der Waals surface area contributed by atoms with Gasteiger partial charge in [0.2, 0.25) is 0 Å². The average Bonchev–Trinajstić information content (AvgIpc) is 2.76. The number of hydrogen-bond acceptors (Lipinski definition) is 4. The second kappa shape index (κ2) is 11.2. The second-order valence-electron chi connectivity index (χ2n) is 7.50. The van der Waals surface area contributed by atoms with Gasteiger partial charge in [0.05, 0.1) is 44.7 Å². The van der Waals surface area contributed by atoms with Crippen molar-refractivity contribution in [2.45, 2.75) is 45.4 Å². The largest absolute Gasteiger partial charge is 0.491 e. The van der Waals surface area contributed by atoms with Crippen molar-refractivity contribution in [1.29, 1.82) is 0 Å². The molecule has 0 bridgehead atoms. The Hall–Kier alpha value is -2.05. The van der Waals surface area contributed by atoms with Gasteiger partial charge in [-0.25, -0.2) is 0 Å². The SMILES string of the molecule is CCCCCCCCOc1ccccc1-n1ncc(N2CC[NH2+]CC2)c(Cl)c1=O. The summed E-state index contributed by atoms with van der Waals surface area (Å²) in [6, 6.07) is 7.51. The Balaban J connectivity index is 1.70. The molecule has 7 heteroatoms. The van der Waals surface area contributed by atoms with Crippen LogP contribution in [-0.2, 0) is 0 Å². The van der Waals surface area contributed by atoms with Crippen molar-refractivity contribution in [3.05, 3.63) is 45.8 Å². The molecule has 0 atom stereocenters. The molecular weight excluding hydrogens is 388 g/mol. The van der Waals surface area contributed by atoms with Gasteiger partial charge >= 0.3 is 0 Å². The van der Waals surface area contributed by atoms with Crippen LogP contribution in [0.3, 0.4) is 0 Å². The maximum Gasteiger partial charge on any atom is 0.292 e. The summed E-state index contributed by atoms with van der Waals surface area (Å²) in [7, 11) is 0. The molecule has 1 aromatic carbocycles. The van der Waals surface area contributed by atoms with E-state index in [1.807, 2.05) is 24.3 Å². The van der Waals surface area contributed by atoms with Crippen LogP contribution in [0.5, 0.6) is 5.75 Å². The van der Waals surface area contributed by atoms with Gasteiger partial charge in [0.15, 0.2) is 0 Å². The lowest BCUT2D eigenvalue weighted by Gasteiger charge is -2.27. The third-order valence-corrected chi connectivity index (χ3v) is 5.65. The molecule has 0 unspecified atom stereocenters. The fraction of sp³-hybridized carbons (Fsp3) is 0.545. The summed E-state index contributed by atoms with van der Waals surface area (Å²) in [5.74, 6) is 0.659. The fourth-order valence-corrected chi connectivity index (χ4v) is 3.87. The quantitative estimate of drug-likeness (QED) is 0.601. The van der Waals surface area contributed by atoms with E-state index in [9.17, 15) is 4.79 Å². The third-order valence-electron chi connectivity index (χ3n) is 5.30.